The molecule has 0 saturated heterocycles. The monoisotopic (exact) mass is 335 g/mol. The summed E-state index contributed by atoms with van der Waals surface area (Å²) in [4.78, 5) is 21.1. The van der Waals surface area contributed by atoms with Crippen LogP contribution in [0.3, 0.4) is 0 Å². The van der Waals surface area contributed by atoms with Crippen LogP contribution in [0.2, 0.25) is 0 Å². The maximum Gasteiger partial charge on any atom is 0.262 e. The van der Waals surface area contributed by atoms with Crippen LogP contribution in [0.1, 0.15) is 27.9 Å². The molecule has 1 aliphatic rings. The Morgan fingerprint density at radius 3 is 2.92 bits per heavy atom. The standard InChI is InChI=1S/C18H17N5O2/c1-11-7-13(10-20-9-11)15-12(8-19)3-4-14(24)16(15)17(25)23-18-21-5-2-6-22-18/h3-4,7,9-10,24H,2,5-6H2,1H3,(H2,21,22,23,25). The normalized spacial score (nSPS) is 13.4. The van der Waals surface area contributed by atoms with Crippen molar-refractivity contribution in [2.24, 2.45) is 4.99 Å². The van der Waals surface area contributed by atoms with Crippen LogP contribution in [-0.4, -0.2) is 35.0 Å². The minimum atomic E-state index is -0.528. The van der Waals surface area contributed by atoms with Gasteiger partial charge >= 0.3 is 0 Å². The van der Waals surface area contributed by atoms with Crippen LogP contribution in [0.5, 0.6) is 5.75 Å². The number of hydrogen-bond donors (Lipinski definition) is 3. The number of carbonyl (C=O) groups excluding carboxylic acids is 1. The van der Waals surface area contributed by atoms with Gasteiger partial charge in [0.2, 0.25) is 0 Å². The van der Waals surface area contributed by atoms with Gasteiger partial charge < -0.3 is 10.4 Å². The van der Waals surface area contributed by atoms with Crippen LogP contribution in [0.25, 0.3) is 11.1 Å². The summed E-state index contributed by atoms with van der Waals surface area (Å²) in [6, 6.07) is 6.72. The molecule has 0 atom stereocenters. The van der Waals surface area contributed by atoms with E-state index in [2.05, 4.69) is 26.7 Å². The van der Waals surface area contributed by atoms with E-state index in [1.165, 1.54) is 12.1 Å². The van der Waals surface area contributed by atoms with Gasteiger partial charge in [0.25, 0.3) is 5.91 Å². The van der Waals surface area contributed by atoms with Crippen molar-refractivity contribution in [3.63, 3.8) is 0 Å². The number of benzene rings is 1. The zero-order valence-corrected chi connectivity index (χ0v) is 13.7. The number of rotatable bonds is 2. The third-order valence-electron chi connectivity index (χ3n) is 3.82. The van der Waals surface area contributed by atoms with Crippen LogP contribution < -0.4 is 10.6 Å². The Labute approximate surface area is 145 Å². The number of nitriles is 1. The Hall–Kier alpha value is -3.40. The Kier molecular flexibility index (Phi) is 4.61. The van der Waals surface area contributed by atoms with Gasteiger partial charge in [-0.15, -0.1) is 0 Å². The number of phenols is 1. The van der Waals surface area contributed by atoms with Gasteiger partial charge in [-0.3, -0.25) is 20.1 Å². The molecule has 0 saturated carbocycles. The molecule has 3 rings (SSSR count). The molecule has 2 heterocycles. The van der Waals surface area contributed by atoms with Crippen molar-refractivity contribution >= 4 is 11.9 Å². The Morgan fingerprint density at radius 2 is 2.24 bits per heavy atom. The highest BCUT2D eigenvalue weighted by molar-refractivity contribution is 6.11. The number of phenolic OH excluding ortho intramolecular Hbond substituents is 1. The topological polar surface area (TPSA) is 110 Å². The summed E-state index contributed by atoms with van der Waals surface area (Å²) in [5, 5.41) is 25.4. The highest BCUT2D eigenvalue weighted by Crippen LogP contribution is 2.33. The van der Waals surface area contributed by atoms with Gasteiger partial charge in [0, 0.05) is 36.6 Å². The maximum absolute atomic E-state index is 12.8. The molecular formula is C18H17N5O2. The van der Waals surface area contributed by atoms with E-state index in [-0.39, 0.29) is 16.9 Å². The third kappa shape index (κ3) is 3.43. The van der Waals surface area contributed by atoms with Crippen LogP contribution in [0, 0.1) is 18.3 Å². The summed E-state index contributed by atoms with van der Waals surface area (Å²) in [6.45, 7) is 3.21. The molecule has 0 aliphatic carbocycles. The molecule has 0 radical (unpaired) electrons. The van der Waals surface area contributed by atoms with Crippen molar-refractivity contribution in [1.29, 1.82) is 5.26 Å². The summed E-state index contributed by atoms with van der Waals surface area (Å²) in [5.41, 5.74) is 2.15. The number of nitrogens with one attached hydrogen (secondary N) is 2. The first-order chi connectivity index (χ1) is 12.1. The van der Waals surface area contributed by atoms with Gasteiger partial charge in [-0.05, 0) is 37.1 Å². The molecule has 1 aromatic carbocycles. The number of aryl methyl sites for hydroxylation is 1. The highest BCUT2D eigenvalue weighted by atomic mass is 16.3. The Bertz CT molecular complexity index is 899. The Balaban J connectivity index is 2.10. The molecule has 25 heavy (non-hydrogen) atoms. The first-order valence-corrected chi connectivity index (χ1v) is 7.88. The van der Waals surface area contributed by atoms with Crippen LogP contribution >= 0.6 is 0 Å². The molecule has 7 nitrogen and oxygen atoms in total. The van der Waals surface area contributed by atoms with E-state index < -0.39 is 5.91 Å². The first kappa shape index (κ1) is 16.5. The van der Waals surface area contributed by atoms with E-state index in [9.17, 15) is 15.2 Å². The van der Waals surface area contributed by atoms with E-state index >= 15 is 0 Å². The summed E-state index contributed by atoms with van der Waals surface area (Å²) >= 11 is 0. The van der Waals surface area contributed by atoms with E-state index in [1.807, 2.05) is 13.0 Å². The van der Waals surface area contributed by atoms with Gasteiger partial charge in [0.15, 0.2) is 5.96 Å². The summed E-state index contributed by atoms with van der Waals surface area (Å²) < 4.78 is 0. The number of amides is 1. The van der Waals surface area contributed by atoms with Crippen molar-refractivity contribution in [1.82, 2.24) is 15.6 Å². The fraction of sp³-hybridized carbons (Fsp3) is 0.222. The SMILES string of the molecule is Cc1cncc(-c2c(C#N)ccc(O)c2C(=O)NC2=NCCCN2)c1. The number of nitrogens with zero attached hydrogens (tertiary/aromatic N) is 3. The molecule has 7 heteroatoms. The number of aromatic nitrogens is 1. The van der Waals surface area contributed by atoms with E-state index in [0.717, 1.165) is 18.5 Å². The lowest BCUT2D eigenvalue weighted by atomic mass is 9.94. The van der Waals surface area contributed by atoms with Crippen LogP contribution in [0.15, 0.2) is 35.6 Å². The van der Waals surface area contributed by atoms with Crippen molar-refractivity contribution in [3.05, 3.63) is 47.3 Å². The summed E-state index contributed by atoms with van der Waals surface area (Å²) in [6.07, 6.45) is 4.14. The largest absolute Gasteiger partial charge is 0.507 e. The lowest BCUT2D eigenvalue weighted by Crippen LogP contribution is -2.43. The second-order valence-electron chi connectivity index (χ2n) is 5.71. The predicted octanol–water partition coefficient (Wildman–Crippen LogP) is 1.71. The van der Waals surface area contributed by atoms with E-state index in [1.54, 1.807) is 12.4 Å². The second-order valence-corrected chi connectivity index (χ2v) is 5.71. The van der Waals surface area contributed by atoms with Gasteiger partial charge in [-0.25, -0.2) is 0 Å². The summed E-state index contributed by atoms with van der Waals surface area (Å²) in [5.74, 6) is -0.366. The van der Waals surface area contributed by atoms with E-state index in [4.69, 9.17) is 0 Å². The lowest BCUT2D eigenvalue weighted by Gasteiger charge is -2.17. The molecule has 1 aliphatic heterocycles. The average molecular weight is 335 g/mol. The molecule has 3 N–H and O–H groups in total. The number of hydrogen-bond acceptors (Lipinski definition) is 6. The third-order valence-corrected chi connectivity index (χ3v) is 3.82. The minimum absolute atomic E-state index is 0.0292. The van der Waals surface area contributed by atoms with E-state index in [0.29, 0.717) is 23.6 Å². The molecule has 0 bridgehead atoms. The number of guanidine groups is 1. The fourth-order valence-corrected chi connectivity index (χ4v) is 2.69. The molecular weight excluding hydrogens is 318 g/mol. The lowest BCUT2D eigenvalue weighted by molar-refractivity contribution is 0.0973. The van der Waals surface area contributed by atoms with Crippen LogP contribution in [-0.2, 0) is 0 Å². The maximum atomic E-state index is 12.8. The minimum Gasteiger partial charge on any atom is -0.507 e. The van der Waals surface area contributed by atoms with Gasteiger partial charge in [0.1, 0.15) is 5.75 Å². The smallest absolute Gasteiger partial charge is 0.262 e. The Morgan fingerprint density at radius 1 is 1.40 bits per heavy atom. The quantitative estimate of drug-likeness (QED) is 0.774. The predicted molar refractivity (Wildman–Crippen MR) is 93.2 cm³/mol. The van der Waals surface area contributed by atoms with Crippen molar-refractivity contribution < 1.29 is 9.90 Å². The van der Waals surface area contributed by atoms with Crippen LogP contribution in [0.4, 0.5) is 0 Å². The molecule has 1 aromatic heterocycles. The van der Waals surface area contributed by atoms with Gasteiger partial charge in [-0.1, -0.05) is 0 Å². The number of aromatic hydroxyl groups is 1. The summed E-state index contributed by atoms with van der Waals surface area (Å²) in [7, 11) is 0. The molecule has 126 valence electrons. The molecule has 1 amide bonds. The van der Waals surface area contributed by atoms with Crippen molar-refractivity contribution in [3.8, 4) is 22.9 Å². The molecule has 0 fully saturated rings. The zero-order valence-electron chi connectivity index (χ0n) is 13.7. The highest BCUT2D eigenvalue weighted by Gasteiger charge is 2.23. The second kappa shape index (κ2) is 7.01. The molecule has 0 spiro atoms. The van der Waals surface area contributed by atoms with Gasteiger partial charge in [0.05, 0.1) is 17.2 Å². The zero-order chi connectivity index (χ0) is 17.8. The first-order valence-electron chi connectivity index (χ1n) is 7.88. The average Bonchev–Trinajstić information content (AvgIpc) is 2.62. The fourth-order valence-electron chi connectivity index (χ4n) is 2.69. The number of carbonyl (C=O) groups is 1. The number of aliphatic imine (C=N–C) groups is 1. The molecule has 0 unspecified atom stereocenters. The molecule has 2 aromatic rings. The van der Waals surface area contributed by atoms with Gasteiger partial charge in [-0.2, -0.15) is 5.26 Å². The van der Waals surface area contributed by atoms with Crippen molar-refractivity contribution in [2.45, 2.75) is 13.3 Å². The van der Waals surface area contributed by atoms with Crippen molar-refractivity contribution in [2.75, 3.05) is 13.1 Å². The number of pyridine rings is 1.